The molecule has 0 radical (unpaired) electrons. The van der Waals surface area contributed by atoms with Crippen molar-refractivity contribution in [3.63, 3.8) is 0 Å². The highest BCUT2D eigenvalue weighted by molar-refractivity contribution is 6.30. The largest absolute Gasteiger partial charge is 0.265 e. The molecule has 0 unspecified atom stereocenters. The molecule has 0 saturated carbocycles. The molecule has 3 heterocycles. The number of hydrogen-bond acceptors (Lipinski definition) is 3. The molecule has 21 heavy (non-hydrogen) atoms. The molecule has 0 aliphatic rings. The number of hydrogen-bond donors (Lipinski definition) is 0. The lowest BCUT2D eigenvalue weighted by Crippen LogP contribution is -1.81. The third-order valence-electron chi connectivity index (χ3n) is 2.22. The van der Waals surface area contributed by atoms with Gasteiger partial charge in [-0.05, 0) is 50.2 Å². The smallest absolute Gasteiger partial charge is 0.0589 e. The highest BCUT2D eigenvalue weighted by Crippen LogP contribution is 2.01. The van der Waals surface area contributed by atoms with Crippen LogP contribution < -0.4 is 0 Å². The molecule has 0 saturated heterocycles. The number of aryl methyl sites for hydroxylation is 2. The van der Waals surface area contributed by atoms with Gasteiger partial charge in [0.25, 0.3) is 0 Å². The van der Waals surface area contributed by atoms with Gasteiger partial charge < -0.3 is 0 Å². The fraction of sp³-hybridized carbons (Fsp3) is 0.118. The van der Waals surface area contributed by atoms with Gasteiger partial charge in [0, 0.05) is 36.2 Å². The maximum atomic E-state index is 5.48. The average Bonchev–Trinajstić information content (AvgIpc) is 2.51. The number of halogens is 1. The van der Waals surface area contributed by atoms with Crippen molar-refractivity contribution in [2.24, 2.45) is 0 Å². The van der Waals surface area contributed by atoms with Crippen molar-refractivity contribution in [2.45, 2.75) is 13.8 Å². The Bertz CT molecular complexity index is 557. The van der Waals surface area contributed by atoms with Crippen LogP contribution >= 0.6 is 11.6 Å². The molecule has 3 rings (SSSR count). The third-order valence-corrected chi connectivity index (χ3v) is 2.44. The minimum atomic E-state index is 0.683. The van der Waals surface area contributed by atoms with E-state index in [9.17, 15) is 0 Å². The number of nitrogens with zero attached hydrogens (tertiary/aromatic N) is 3. The molecule has 0 aromatic carbocycles. The van der Waals surface area contributed by atoms with E-state index in [0.29, 0.717) is 5.02 Å². The van der Waals surface area contributed by atoms with Gasteiger partial charge in [0.1, 0.15) is 0 Å². The second kappa shape index (κ2) is 10.5. The van der Waals surface area contributed by atoms with Gasteiger partial charge in [-0.2, -0.15) is 0 Å². The summed E-state index contributed by atoms with van der Waals surface area (Å²) in [6.45, 7) is 3.99. The van der Waals surface area contributed by atoms with Crippen LogP contribution in [0.15, 0.2) is 73.3 Å². The van der Waals surface area contributed by atoms with Crippen LogP contribution in [0.1, 0.15) is 11.4 Å². The molecule has 0 aliphatic heterocycles. The zero-order valence-corrected chi connectivity index (χ0v) is 12.9. The van der Waals surface area contributed by atoms with Crippen molar-refractivity contribution in [2.75, 3.05) is 0 Å². The fourth-order valence-corrected chi connectivity index (χ4v) is 1.46. The fourth-order valence-electron chi connectivity index (χ4n) is 1.33. The van der Waals surface area contributed by atoms with Gasteiger partial charge >= 0.3 is 0 Å². The summed E-state index contributed by atoms with van der Waals surface area (Å²) in [5.41, 5.74) is 2.18. The predicted molar refractivity (Wildman–Crippen MR) is 87.2 cm³/mol. The summed E-state index contributed by atoms with van der Waals surface area (Å²) in [4.78, 5) is 11.7. The quantitative estimate of drug-likeness (QED) is 0.613. The molecule has 3 aromatic heterocycles. The minimum Gasteiger partial charge on any atom is -0.265 e. The van der Waals surface area contributed by atoms with E-state index in [1.54, 1.807) is 36.9 Å². The maximum Gasteiger partial charge on any atom is 0.0589 e. The third kappa shape index (κ3) is 9.30. The summed E-state index contributed by atoms with van der Waals surface area (Å²) >= 11 is 5.48. The van der Waals surface area contributed by atoms with Crippen LogP contribution in [-0.2, 0) is 0 Å². The van der Waals surface area contributed by atoms with E-state index in [2.05, 4.69) is 15.0 Å². The zero-order chi connectivity index (χ0) is 15.3. The summed E-state index contributed by atoms with van der Waals surface area (Å²) in [5, 5.41) is 0.683. The monoisotopic (exact) mass is 299 g/mol. The molecule has 0 fully saturated rings. The van der Waals surface area contributed by atoms with Gasteiger partial charge in [-0.1, -0.05) is 23.7 Å². The highest BCUT2D eigenvalue weighted by atomic mass is 35.5. The van der Waals surface area contributed by atoms with Crippen molar-refractivity contribution in [1.82, 2.24) is 15.0 Å². The van der Waals surface area contributed by atoms with Crippen molar-refractivity contribution in [3.05, 3.63) is 89.7 Å². The van der Waals surface area contributed by atoms with E-state index in [1.807, 2.05) is 50.2 Å². The molecule has 3 aromatic rings. The molecule has 0 amide bonds. The molecular weight excluding hydrogens is 282 g/mol. The molecule has 0 spiro atoms. The van der Waals surface area contributed by atoms with Gasteiger partial charge in [-0.25, -0.2) is 0 Å². The van der Waals surface area contributed by atoms with E-state index in [4.69, 9.17) is 11.6 Å². The highest BCUT2D eigenvalue weighted by Gasteiger charge is 1.82. The molecule has 108 valence electrons. The minimum absolute atomic E-state index is 0.683. The molecule has 0 atom stereocenters. The Hall–Kier alpha value is -2.26. The van der Waals surface area contributed by atoms with Crippen molar-refractivity contribution in [1.29, 1.82) is 0 Å². The Morgan fingerprint density at radius 3 is 1.57 bits per heavy atom. The van der Waals surface area contributed by atoms with Crippen molar-refractivity contribution in [3.8, 4) is 0 Å². The number of pyridine rings is 3. The zero-order valence-electron chi connectivity index (χ0n) is 12.1. The first kappa shape index (κ1) is 16.8. The van der Waals surface area contributed by atoms with Crippen molar-refractivity contribution < 1.29 is 0 Å². The lowest BCUT2D eigenvalue weighted by Gasteiger charge is -1.90. The van der Waals surface area contributed by atoms with Gasteiger partial charge in [0.2, 0.25) is 0 Å². The first-order valence-electron chi connectivity index (χ1n) is 6.49. The summed E-state index contributed by atoms with van der Waals surface area (Å²) in [6.07, 6.45) is 6.79. The lowest BCUT2D eigenvalue weighted by molar-refractivity contribution is 1.12. The van der Waals surface area contributed by atoms with Gasteiger partial charge in [0.05, 0.1) is 5.02 Å². The Labute approximate surface area is 130 Å². The Morgan fingerprint density at radius 2 is 1.33 bits per heavy atom. The molecular formula is C17H18ClN3. The van der Waals surface area contributed by atoms with E-state index in [-0.39, 0.29) is 0 Å². The summed E-state index contributed by atoms with van der Waals surface area (Å²) in [6, 6.07) is 15.3. The van der Waals surface area contributed by atoms with Crippen LogP contribution in [0.4, 0.5) is 0 Å². The Morgan fingerprint density at radius 1 is 0.714 bits per heavy atom. The molecule has 0 bridgehead atoms. The second-order valence-electron chi connectivity index (χ2n) is 4.12. The van der Waals surface area contributed by atoms with Gasteiger partial charge in [0.15, 0.2) is 0 Å². The van der Waals surface area contributed by atoms with E-state index in [0.717, 1.165) is 11.4 Å². The van der Waals surface area contributed by atoms with E-state index >= 15 is 0 Å². The first-order chi connectivity index (χ1) is 10.2. The average molecular weight is 300 g/mol. The Balaban J connectivity index is 0.000000159. The van der Waals surface area contributed by atoms with Gasteiger partial charge in [-0.3, -0.25) is 15.0 Å². The summed E-state index contributed by atoms with van der Waals surface area (Å²) in [5.74, 6) is 0. The van der Waals surface area contributed by atoms with Crippen LogP contribution in [-0.4, -0.2) is 15.0 Å². The molecule has 0 N–H and O–H groups in total. The van der Waals surface area contributed by atoms with Crippen LogP contribution in [0.2, 0.25) is 5.02 Å². The van der Waals surface area contributed by atoms with Crippen LogP contribution in [0.3, 0.4) is 0 Å². The normalized spacial score (nSPS) is 8.71. The van der Waals surface area contributed by atoms with Crippen LogP contribution in [0.5, 0.6) is 0 Å². The second-order valence-corrected chi connectivity index (χ2v) is 4.55. The van der Waals surface area contributed by atoms with Crippen molar-refractivity contribution >= 4 is 11.6 Å². The summed E-state index contributed by atoms with van der Waals surface area (Å²) < 4.78 is 0. The molecule has 3 nitrogen and oxygen atoms in total. The van der Waals surface area contributed by atoms with E-state index in [1.165, 1.54) is 0 Å². The predicted octanol–water partition coefficient (Wildman–Crippen LogP) is 4.52. The Kier molecular flexibility index (Phi) is 8.41. The van der Waals surface area contributed by atoms with Crippen LogP contribution in [0, 0.1) is 13.8 Å². The van der Waals surface area contributed by atoms with Gasteiger partial charge in [-0.15, -0.1) is 0 Å². The molecule has 0 aliphatic carbocycles. The summed E-state index contributed by atoms with van der Waals surface area (Å²) in [7, 11) is 0. The molecule has 4 heteroatoms. The van der Waals surface area contributed by atoms with E-state index < -0.39 is 0 Å². The first-order valence-corrected chi connectivity index (χ1v) is 6.87. The topological polar surface area (TPSA) is 38.7 Å². The lowest BCUT2D eigenvalue weighted by atomic mass is 10.3. The van der Waals surface area contributed by atoms with Crippen LogP contribution in [0.25, 0.3) is 0 Å². The standard InChI is InChI=1S/C7H9N.C5H4ClN.C5H5N/c1-6-4-3-5-7(2)8-6;6-5-2-1-3-7-4-5;1-2-4-6-5-3-1/h3-5H,1-2H3;1-4H;1-5H. The number of aromatic nitrogens is 3. The SMILES string of the molecule is Cc1cccc(C)n1.Clc1cccnc1.c1ccncc1. The number of rotatable bonds is 0. The maximum absolute atomic E-state index is 5.48.